The molecule has 7 nitrogen and oxygen atoms in total. The first-order chi connectivity index (χ1) is 18.5. The zero-order chi connectivity index (χ0) is 26.1. The second kappa shape index (κ2) is 10.0. The molecule has 8 heteroatoms. The summed E-state index contributed by atoms with van der Waals surface area (Å²) in [5.41, 5.74) is 2.02. The zero-order valence-electron chi connectivity index (χ0n) is 21.2. The molecule has 1 fully saturated rings. The Morgan fingerprint density at radius 1 is 0.763 bits per heavy atom. The Bertz CT molecular complexity index is 1700. The van der Waals surface area contributed by atoms with Crippen LogP contribution in [0.25, 0.3) is 21.7 Å². The Balaban J connectivity index is 1.23. The predicted octanol–water partition coefficient (Wildman–Crippen LogP) is 5.47. The molecule has 0 bridgehead atoms. The summed E-state index contributed by atoms with van der Waals surface area (Å²) in [5, 5.41) is 6.46. The summed E-state index contributed by atoms with van der Waals surface area (Å²) in [6, 6.07) is 31.4. The maximum Gasteiger partial charge on any atom is 0.243 e. The van der Waals surface area contributed by atoms with Gasteiger partial charge in [-0.1, -0.05) is 72.8 Å². The average molecular weight is 524 g/mol. The van der Waals surface area contributed by atoms with Gasteiger partial charge in [-0.25, -0.2) is 13.4 Å². The van der Waals surface area contributed by atoms with Crippen molar-refractivity contribution in [2.45, 2.75) is 17.9 Å². The fraction of sp³-hybridized carbons (Fsp3) is 0.200. The van der Waals surface area contributed by atoms with E-state index < -0.39 is 10.0 Å². The van der Waals surface area contributed by atoms with Crippen LogP contribution in [0.1, 0.15) is 18.5 Å². The summed E-state index contributed by atoms with van der Waals surface area (Å²) in [4.78, 5) is 12.1. The summed E-state index contributed by atoms with van der Waals surface area (Å²) >= 11 is 0. The maximum absolute atomic E-state index is 13.4. The first-order valence-electron chi connectivity index (χ1n) is 12.8. The highest BCUT2D eigenvalue weighted by molar-refractivity contribution is 7.89. The Morgan fingerprint density at radius 2 is 1.45 bits per heavy atom. The van der Waals surface area contributed by atoms with Crippen LogP contribution in [0.15, 0.2) is 102 Å². The molecule has 38 heavy (non-hydrogen) atoms. The highest BCUT2D eigenvalue weighted by atomic mass is 32.2. The smallest absolute Gasteiger partial charge is 0.243 e. The summed E-state index contributed by atoms with van der Waals surface area (Å²) < 4.78 is 28.4. The number of hydrogen-bond acceptors (Lipinski definition) is 6. The van der Waals surface area contributed by atoms with Gasteiger partial charge >= 0.3 is 0 Å². The van der Waals surface area contributed by atoms with Gasteiger partial charge in [0.2, 0.25) is 16.0 Å². The van der Waals surface area contributed by atoms with Crippen molar-refractivity contribution in [3.05, 3.63) is 103 Å². The standard InChI is InChI=1S/C30H29N5O2S/c1-22(23-9-3-2-4-10-23)31-29-27-13-7-8-14-28(27)32-30(33-29)34-17-19-35(20-18-34)38(36,37)26-16-15-24-11-5-6-12-25(24)21-26/h2-16,21-22H,17-20H2,1H3,(H,31,32,33)/t22-/m1/s1. The zero-order valence-corrected chi connectivity index (χ0v) is 22.0. The van der Waals surface area contributed by atoms with Crippen molar-refractivity contribution in [2.24, 2.45) is 0 Å². The number of hydrogen-bond donors (Lipinski definition) is 1. The normalized spacial score (nSPS) is 15.6. The molecule has 0 radical (unpaired) electrons. The van der Waals surface area contributed by atoms with Gasteiger partial charge in [-0.3, -0.25) is 0 Å². The van der Waals surface area contributed by atoms with Gasteiger partial charge in [0, 0.05) is 37.6 Å². The van der Waals surface area contributed by atoms with Gasteiger partial charge in [0.05, 0.1) is 10.4 Å². The van der Waals surface area contributed by atoms with Crippen LogP contribution in [0.4, 0.5) is 11.8 Å². The first-order valence-corrected chi connectivity index (χ1v) is 14.3. The molecule has 0 saturated carbocycles. The van der Waals surface area contributed by atoms with Crippen LogP contribution >= 0.6 is 0 Å². The second-order valence-corrected chi connectivity index (χ2v) is 11.5. The molecule has 0 spiro atoms. The Hall–Kier alpha value is -4.01. The molecule has 1 saturated heterocycles. The fourth-order valence-corrected chi connectivity index (χ4v) is 6.41. The number of anilines is 2. The molecule has 2 heterocycles. The molecule has 0 unspecified atom stereocenters. The lowest BCUT2D eigenvalue weighted by Gasteiger charge is -2.34. The van der Waals surface area contributed by atoms with Gasteiger partial charge in [0.1, 0.15) is 5.82 Å². The molecule has 6 rings (SSSR count). The molecule has 4 aromatic carbocycles. The number of nitrogens with one attached hydrogen (secondary N) is 1. The molecule has 1 N–H and O–H groups in total. The van der Waals surface area contributed by atoms with Crippen LogP contribution in [0.3, 0.4) is 0 Å². The third-order valence-electron chi connectivity index (χ3n) is 7.12. The number of nitrogens with zero attached hydrogens (tertiary/aromatic N) is 4. The van der Waals surface area contributed by atoms with E-state index in [1.165, 1.54) is 5.56 Å². The van der Waals surface area contributed by atoms with Gasteiger partial charge < -0.3 is 10.2 Å². The topological polar surface area (TPSA) is 78.4 Å². The molecule has 1 atom stereocenters. The van der Waals surface area contributed by atoms with E-state index in [-0.39, 0.29) is 6.04 Å². The third kappa shape index (κ3) is 4.68. The van der Waals surface area contributed by atoms with Crippen molar-refractivity contribution in [2.75, 3.05) is 36.4 Å². The predicted molar refractivity (Wildman–Crippen MR) is 153 cm³/mol. The van der Waals surface area contributed by atoms with Crippen molar-refractivity contribution >= 4 is 43.5 Å². The minimum atomic E-state index is -3.59. The van der Waals surface area contributed by atoms with Crippen LogP contribution in [0, 0.1) is 0 Å². The van der Waals surface area contributed by atoms with Crippen LogP contribution in [-0.2, 0) is 10.0 Å². The molecule has 192 valence electrons. The lowest BCUT2D eigenvalue weighted by Crippen LogP contribution is -2.49. The van der Waals surface area contributed by atoms with E-state index in [1.54, 1.807) is 16.4 Å². The summed E-state index contributed by atoms with van der Waals surface area (Å²) in [7, 11) is -3.59. The third-order valence-corrected chi connectivity index (χ3v) is 9.02. The fourth-order valence-electron chi connectivity index (χ4n) is 4.95. The molecule has 1 aromatic heterocycles. The van der Waals surface area contributed by atoms with Crippen molar-refractivity contribution in [1.29, 1.82) is 0 Å². The maximum atomic E-state index is 13.4. The number of benzene rings is 4. The largest absolute Gasteiger partial charge is 0.363 e. The van der Waals surface area contributed by atoms with E-state index in [0.717, 1.165) is 27.5 Å². The van der Waals surface area contributed by atoms with Crippen molar-refractivity contribution in [1.82, 2.24) is 14.3 Å². The van der Waals surface area contributed by atoms with Crippen molar-refractivity contribution in [3.63, 3.8) is 0 Å². The molecule has 0 amide bonds. The lowest BCUT2D eigenvalue weighted by atomic mass is 10.1. The molecule has 0 aliphatic carbocycles. The van der Waals surface area contributed by atoms with Gasteiger partial charge in [-0.15, -0.1) is 0 Å². The van der Waals surface area contributed by atoms with Gasteiger partial charge in [0.15, 0.2) is 0 Å². The highest BCUT2D eigenvalue weighted by Gasteiger charge is 2.30. The first kappa shape index (κ1) is 24.3. The number of sulfonamides is 1. The van der Waals surface area contributed by atoms with E-state index in [4.69, 9.17) is 9.97 Å². The quantitative estimate of drug-likeness (QED) is 0.318. The SMILES string of the molecule is C[C@@H](Nc1nc(N2CCN(S(=O)(=O)c3ccc4ccccc4c3)CC2)nc2ccccc12)c1ccccc1. The van der Waals surface area contributed by atoms with Crippen molar-refractivity contribution in [3.8, 4) is 0 Å². The van der Waals surface area contributed by atoms with E-state index in [2.05, 4.69) is 29.3 Å². The summed E-state index contributed by atoms with van der Waals surface area (Å²) in [5.74, 6) is 1.38. The Labute approximate surface area is 222 Å². The van der Waals surface area contributed by atoms with Crippen LogP contribution < -0.4 is 10.2 Å². The van der Waals surface area contributed by atoms with Crippen LogP contribution in [0.5, 0.6) is 0 Å². The molecular formula is C30H29N5O2S. The molecular weight excluding hydrogens is 494 g/mol. The minimum absolute atomic E-state index is 0.0614. The van der Waals surface area contributed by atoms with Gasteiger partial charge in [0.25, 0.3) is 0 Å². The number of para-hydroxylation sites is 1. The highest BCUT2D eigenvalue weighted by Crippen LogP contribution is 2.28. The van der Waals surface area contributed by atoms with E-state index in [9.17, 15) is 8.42 Å². The Kier molecular flexibility index (Phi) is 6.43. The molecule has 1 aliphatic heterocycles. The van der Waals surface area contributed by atoms with Crippen LogP contribution in [0.2, 0.25) is 0 Å². The number of rotatable bonds is 6. The molecule has 1 aliphatic rings. The van der Waals surface area contributed by atoms with Crippen LogP contribution in [-0.4, -0.2) is 48.9 Å². The number of fused-ring (bicyclic) bond motifs is 2. The minimum Gasteiger partial charge on any atom is -0.363 e. The monoisotopic (exact) mass is 523 g/mol. The van der Waals surface area contributed by atoms with Gasteiger partial charge in [-0.05, 0) is 47.5 Å². The number of aromatic nitrogens is 2. The Morgan fingerprint density at radius 3 is 2.24 bits per heavy atom. The van der Waals surface area contributed by atoms with Gasteiger partial charge in [-0.2, -0.15) is 9.29 Å². The number of piperazine rings is 1. The lowest BCUT2D eigenvalue weighted by molar-refractivity contribution is 0.383. The van der Waals surface area contributed by atoms with E-state index in [0.29, 0.717) is 37.0 Å². The average Bonchev–Trinajstić information content (AvgIpc) is 2.97. The summed E-state index contributed by atoms with van der Waals surface area (Å²) in [6.07, 6.45) is 0. The van der Waals surface area contributed by atoms with E-state index >= 15 is 0 Å². The second-order valence-electron chi connectivity index (χ2n) is 9.57. The van der Waals surface area contributed by atoms with E-state index in [1.807, 2.05) is 72.8 Å². The molecule has 5 aromatic rings. The summed E-state index contributed by atoms with van der Waals surface area (Å²) in [6.45, 7) is 3.88. The van der Waals surface area contributed by atoms with Crippen molar-refractivity contribution < 1.29 is 8.42 Å².